The van der Waals surface area contributed by atoms with E-state index in [4.69, 9.17) is 0 Å². The van der Waals surface area contributed by atoms with E-state index in [1.165, 1.54) is 6.07 Å². The third kappa shape index (κ3) is 2.18. The number of fused-ring (bicyclic) bond motifs is 1. The summed E-state index contributed by atoms with van der Waals surface area (Å²) in [5.74, 6) is 0. The van der Waals surface area contributed by atoms with Crippen molar-refractivity contribution in [2.24, 2.45) is 0 Å². The molecular formula is C11H9N5O3S. The third-order valence-corrected chi connectivity index (χ3v) is 3.54. The van der Waals surface area contributed by atoms with Crippen LogP contribution >= 0.6 is 11.3 Å². The van der Waals surface area contributed by atoms with Crippen molar-refractivity contribution in [1.29, 1.82) is 0 Å². The number of anilines is 1. The van der Waals surface area contributed by atoms with Gasteiger partial charge in [-0.15, -0.1) is 11.3 Å². The molecule has 0 aliphatic carbocycles. The maximum Gasteiger partial charge on any atom is 0.300 e. The topological polar surface area (TPSA) is 107 Å². The fraction of sp³-hybridized carbons (Fsp3) is 0.182. The van der Waals surface area contributed by atoms with Gasteiger partial charge in [-0.2, -0.15) is 0 Å². The van der Waals surface area contributed by atoms with Crippen LogP contribution in [0, 0.1) is 17.0 Å². The molecular weight excluding hydrogens is 282 g/mol. The Morgan fingerprint density at radius 3 is 2.90 bits per heavy atom. The lowest BCUT2D eigenvalue weighted by Gasteiger charge is -2.04. The summed E-state index contributed by atoms with van der Waals surface area (Å²) in [6.45, 7) is 2.43. The van der Waals surface area contributed by atoms with Crippen LogP contribution in [0.25, 0.3) is 11.0 Å². The number of benzene rings is 1. The Balaban J connectivity index is 1.90. The monoisotopic (exact) mass is 291 g/mol. The van der Waals surface area contributed by atoms with E-state index in [2.05, 4.69) is 25.2 Å². The lowest BCUT2D eigenvalue weighted by atomic mass is 10.2. The molecule has 0 atom stereocenters. The number of nitro benzene ring substituents is 1. The van der Waals surface area contributed by atoms with Gasteiger partial charge in [-0.05, 0) is 23.3 Å². The number of rotatable bonds is 4. The lowest BCUT2D eigenvalue weighted by molar-refractivity contribution is -0.383. The van der Waals surface area contributed by atoms with Crippen molar-refractivity contribution < 1.29 is 9.55 Å². The van der Waals surface area contributed by atoms with Gasteiger partial charge in [0, 0.05) is 11.4 Å². The molecule has 0 unspecified atom stereocenters. The minimum atomic E-state index is -0.514. The van der Waals surface area contributed by atoms with Gasteiger partial charge in [-0.25, -0.2) is 9.61 Å². The largest absolute Gasteiger partial charge is 0.377 e. The number of nitrogens with one attached hydrogen (secondary N) is 1. The SMILES string of the molecule is Cc1nc(CNc2ccc([N+](=O)[O-])c3nonc23)cs1. The number of hydrogen-bond donors (Lipinski definition) is 1. The van der Waals surface area contributed by atoms with Crippen molar-refractivity contribution in [2.75, 3.05) is 5.32 Å². The Morgan fingerprint density at radius 2 is 2.20 bits per heavy atom. The zero-order valence-corrected chi connectivity index (χ0v) is 11.2. The molecule has 2 aromatic heterocycles. The van der Waals surface area contributed by atoms with Gasteiger partial charge in [0.25, 0.3) is 0 Å². The van der Waals surface area contributed by atoms with E-state index in [0.717, 1.165) is 10.7 Å². The molecule has 0 aliphatic rings. The maximum atomic E-state index is 10.9. The normalized spacial score (nSPS) is 10.8. The standard InChI is InChI=1S/C11H9N5O3S/c1-6-13-7(5-20-6)4-12-8-2-3-9(16(17)18)11-10(8)14-19-15-11/h2-3,5,12H,4H2,1H3. The van der Waals surface area contributed by atoms with Gasteiger partial charge in [-0.3, -0.25) is 10.1 Å². The molecule has 1 aromatic carbocycles. The quantitative estimate of drug-likeness (QED) is 0.581. The van der Waals surface area contributed by atoms with Crippen LogP contribution in [0.1, 0.15) is 10.7 Å². The Hall–Kier alpha value is -2.55. The molecule has 0 fully saturated rings. The molecule has 0 spiro atoms. The van der Waals surface area contributed by atoms with Crippen LogP contribution < -0.4 is 5.32 Å². The van der Waals surface area contributed by atoms with Gasteiger partial charge in [0.15, 0.2) is 5.52 Å². The van der Waals surface area contributed by atoms with Gasteiger partial charge in [0.1, 0.15) is 0 Å². The van der Waals surface area contributed by atoms with Gasteiger partial charge in [0.2, 0.25) is 5.52 Å². The number of nitrogens with zero attached hydrogens (tertiary/aromatic N) is 4. The van der Waals surface area contributed by atoms with Crippen molar-refractivity contribution in [3.05, 3.63) is 38.3 Å². The van der Waals surface area contributed by atoms with E-state index in [1.54, 1.807) is 17.4 Å². The Bertz CT molecular complexity index is 781. The van der Waals surface area contributed by atoms with Crippen LogP contribution in [-0.4, -0.2) is 20.2 Å². The van der Waals surface area contributed by atoms with Gasteiger partial charge in [-0.1, -0.05) is 0 Å². The number of thiazole rings is 1. The molecule has 102 valence electrons. The highest BCUT2D eigenvalue weighted by atomic mass is 32.1. The minimum Gasteiger partial charge on any atom is -0.377 e. The molecule has 8 nitrogen and oxygen atoms in total. The first-order chi connectivity index (χ1) is 9.65. The summed E-state index contributed by atoms with van der Waals surface area (Å²) in [4.78, 5) is 14.7. The molecule has 1 N–H and O–H groups in total. The van der Waals surface area contributed by atoms with Crippen molar-refractivity contribution in [1.82, 2.24) is 15.3 Å². The summed E-state index contributed by atoms with van der Waals surface area (Å²) >= 11 is 1.56. The van der Waals surface area contributed by atoms with Crippen LogP contribution in [0.15, 0.2) is 22.1 Å². The fourth-order valence-electron chi connectivity index (χ4n) is 1.82. The zero-order chi connectivity index (χ0) is 14.1. The van der Waals surface area contributed by atoms with E-state index in [1.807, 2.05) is 12.3 Å². The van der Waals surface area contributed by atoms with Crippen molar-refractivity contribution in [3.63, 3.8) is 0 Å². The van der Waals surface area contributed by atoms with Crippen molar-refractivity contribution >= 4 is 33.7 Å². The van der Waals surface area contributed by atoms with E-state index in [0.29, 0.717) is 17.7 Å². The second-order valence-corrected chi connectivity index (χ2v) is 5.12. The van der Waals surface area contributed by atoms with Crippen LogP contribution in [0.5, 0.6) is 0 Å². The lowest BCUT2D eigenvalue weighted by Crippen LogP contribution is -2.01. The van der Waals surface area contributed by atoms with Crippen LogP contribution in [0.3, 0.4) is 0 Å². The molecule has 3 rings (SSSR count). The molecule has 0 bridgehead atoms. The maximum absolute atomic E-state index is 10.9. The molecule has 0 amide bonds. The van der Waals surface area contributed by atoms with Crippen molar-refractivity contribution in [3.8, 4) is 0 Å². The summed E-state index contributed by atoms with van der Waals surface area (Å²) in [6, 6.07) is 2.96. The van der Waals surface area contributed by atoms with Crippen LogP contribution in [0.4, 0.5) is 11.4 Å². The summed E-state index contributed by atoms with van der Waals surface area (Å²) in [5.41, 5.74) is 1.87. The predicted octanol–water partition coefficient (Wildman–Crippen LogP) is 2.51. The number of aryl methyl sites for hydroxylation is 1. The van der Waals surface area contributed by atoms with E-state index in [-0.39, 0.29) is 11.2 Å². The summed E-state index contributed by atoms with van der Waals surface area (Å²) in [7, 11) is 0. The van der Waals surface area contributed by atoms with Gasteiger partial charge >= 0.3 is 5.69 Å². The summed E-state index contributed by atoms with van der Waals surface area (Å²) in [6.07, 6.45) is 0. The van der Waals surface area contributed by atoms with Crippen LogP contribution in [0.2, 0.25) is 0 Å². The van der Waals surface area contributed by atoms with E-state index in [9.17, 15) is 10.1 Å². The molecule has 0 saturated heterocycles. The number of aromatic nitrogens is 3. The highest BCUT2D eigenvalue weighted by Gasteiger charge is 2.19. The number of non-ortho nitro benzene ring substituents is 1. The second-order valence-electron chi connectivity index (χ2n) is 4.06. The Kier molecular flexibility index (Phi) is 3.03. The Labute approximate surface area is 116 Å². The highest BCUT2D eigenvalue weighted by molar-refractivity contribution is 7.09. The first-order valence-corrected chi connectivity index (χ1v) is 6.57. The summed E-state index contributed by atoms with van der Waals surface area (Å²) < 4.78 is 4.59. The second kappa shape index (κ2) is 4.85. The zero-order valence-electron chi connectivity index (χ0n) is 10.4. The average molecular weight is 291 g/mol. The van der Waals surface area contributed by atoms with Gasteiger partial charge < -0.3 is 5.32 Å². The average Bonchev–Trinajstić information content (AvgIpc) is 3.04. The van der Waals surface area contributed by atoms with Crippen LogP contribution in [-0.2, 0) is 6.54 Å². The van der Waals surface area contributed by atoms with Crippen molar-refractivity contribution in [2.45, 2.75) is 13.5 Å². The predicted molar refractivity (Wildman–Crippen MR) is 72.6 cm³/mol. The molecule has 0 saturated carbocycles. The molecule has 2 heterocycles. The molecule has 0 radical (unpaired) electrons. The summed E-state index contributed by atoms with van der Waals surface area (Å²) in [5, 5.41) is 24.2. The van der Waals surface area contributed by atoms with Gasteiger partial charge in [0.05, 0.1) is 27.9 Å². The van der Waals surface area contributed by atoms with E-state index < -0.39 is 4.92 Å². The Morgan fingerprint density at radius 1 is 1.40 bits per heavy atom. The first-order valence-electron chi connectivity index (χ1n) is 5.69. The number of nitro groups is 1. The molecule has 3 aromatic rings. The smallest absolute Gasteiger partial charge is 0.300 e. The molecule has 9 heteroatoms. The fourth-order valence-corrected chi connectivity index (χ4v) is 2.43. The third-order valence-electron chi connectivity index (χ3n) is 2.72. The highest BCUT2D eigenvalue weighted by Crippen LogP contribution is 2.28. The molecule has 0 aliphatic heterocycles. The van der Waals surface area contributed by atoms with E-state index >= 15 is 0 Å². The first kappa shape index (κ1) is 12.5. The minimum absolute atomic E-state index is 0.128. The number of hydrogen-bond acceptors (Lipinski definition) is 8. The molecule has 20 heavy (non-hydrogen) atoms.